The van der Waals surface area contributed by atoms with Crippen LogP contribution in [-0.4, -0.2) is 47.9 Å². The van der Waals surface area contributed by atoms with Crippen molar-refractivity contribution in [2.24, 2.45) is 17.6 Å². The highest BCUT2D eigenvalue weighted by Gasteiger charge is 2.32. The average molecular weight is 343 g/mol. The standard InChI is InChI=1S/C20H29N3O2/c21-20(25)23-12-4-7-18(15-23)19(24)22-13-10-17(11-14-22)9-8-16-5-2-1-3-6-16/h1-3,5-6,17-18H,4,7-15H2,(H2,21,25)/t18-/m0/s1. The summed E-state index contributed by atoms with van der Waals surface area (Å²) in [6, 6.07) is 10.2. The molecule has 2 aliphatic heterocycles. The molecule has 3 rings (SSSR count). The third kappa shape index (κ3) is 4.74. The second-order valence-corrected chi connectivity index (χ2v) is 7.42. The summed E-state index contributed by atoms with van der Waals surface area (Å²) in [4.78, 5) is 27.7. The Kier molecular flexibility index (Phi) is 5.95. The summed E-state index contributed by atoms with van der Waals surface area (Å²) in [5, 5.41) is 0. The van der Waals surface area contributed by atoms with Crippen LogP contribution in [0.4, 0.5) is 4.79 Å². The number of amides is 3. The number of piperidine rings is 2. The number of carbonyl (C=O) groups excluding carboxylic acids is 2. The van der Waals surface area contributed by atoms with Gasteiger partial charge in [0.25, 0.3) is 0 Å². The molecule has 1 aromatic rings. The van der Waals surface area contributed by atoms with Crippen molar-refractivity contribution >= 4 is 11.9 Å². The van der Waals surface area contributed by atoms with E-state index in [0.29, 0.717) is 19.0 Å². The van der Waals surface area contributed by atoms with Crippen molar-refractivity contribution in [3.63, 3.8) is 0 Å². The third-order valence-electron chi connectivity index (χ3n) is 5.69. The Labute approximate surface area is 150 Å². The zero-order chi connectivity index (χ0) is 17.6. The second kappa shape index (κ2) is 8.37. The summed E-state index contributed by atoms with van der Waals surface area (Å²) < 4.78 is 0. The SMILES string of the molecule is NC(=O)N1CCC[C@H](C(=O)N2CCC(CCc3ccccc3)CC2)C1. The van der Waals surface area contributed by atoms with Crippen LogP contribution in [0.5, 0.6) is 0 Å². The van der Waals surface area contributed by atoms with Crippen LogP contribution >= 0.6 is 0 Å². The molecule has 1 atom stereocenters. The van der Waals surface area contributed by atoms with E-state index in [2.05, 4.69) is 30.3 Å². The van der Waals surface area contributed by atoms with Crippen molar-refractivity contribution < 1.29 is 9.59 Å². The van der Waals surface area contributed by atoms with Crippen LogP contribution < -0.4 is 5.73 Å². The van der Waals surface area contributed by atoms with E-state index < -0.39 is 6.03 Å². The molecule has 2 aliphatic rings. The number of hydrogen-bond donors (Lipinski definition) is 1. The molecule has 0 bridgehead atoms. The Balaban J connectivity index is 1.43. The molecule has 3 amide bonds. The van der Waals surface area contributed by atoms with Gasteiger partial charge < -0.3 is 15.5 Å². The summed E-state index contributed by atoms with van der Waals surface area (Å²) >= 11 is 0. The molecule has 0 aromatic heterocycles. The molecule has 1 aromatic carbocycles. The number of benzene rings is 1. The number of aryl methyl sites for hydroxylation is 1. The highest BCUT2D eigenvalue weighted by atomic mass is 16.2. The minimum atomic E-state index is -0.405. The van der Waals surface area contributed by atoms with Gasteiger partial charge in [-0.3, -0.25) is 4.79 Å². The van der Waals surface area contributed by atoms with E-state index >= 15 is 0 Å². The van der Waals surface area contributed by atoms with E-state index in [1.54, 1.807) is 4.90 Å². The molecule has 0 spiro atoms. The van der Waals surface area contributed by atoms with E-state index in [9.17, 15) is 9.59 Å². The van der Waals surface area contributed by atoms with Crippen molar-refractivity contribution in [1.82, 2.24) is 9.80 Å². The normalized spacial score (nSPS) is 22.0. The highest BCUT2D eigenvalue weighted by Crippen LogP contribution is 2.25. The van der Waals surface area contributed by atoms with Gasteiger partial charge in [-0.25, -0.2) is 4.79 Å². The Bertz CT molecular complexity index is 582. The fraction of sp³-hybridized carbons (Fsp3) is 0.600. The van der Waals surface area contributed by atoms with Crippen LogP contribution in [0.3, 0.4) is 0 Å². The number of primary amides is 1. The molecule has 136 valence electrons. The first-order chi connectivity index (χ1) is 12.1. The van der Waals surface area contributed by atoms with Gasteiger partial charge in [0.2, 0.25) is 5.91 Å². The Morgan fingerprint density at radius 2 is 1.72 bits per heavy atom. The lowest BCUT2D eigenvalue weighted by molar-refractivity contribution is -0.138. The van der Waals surface area contributed by atoms with Gasteiger partial charge in [0, 0.05) is 26.2 Å². The largest absolute Gasteiger partial charge is 0.351 e. The molecule has 2 fully saturated rings. The molecular weight excluding hydrogens is 314 g/mol. The van der Waals surface area contributed by atoms with E-state index in [4.69, 9.17) is 5.73 Å². The lowest BCUT2D eigenvalue weighted by atomic mass is 9.89. The van der Waals surface area contributed by atoms with Crippen molar-refractivity contribution in [1.29, 1.82) is 0 Å². The zero-order valence-corrected chi connectivity index (χ0v) is 14.9. The average Bonchev–Trinajstić information content (AvgIpc) is 2.67. The van der Waals surface area contributed by atoms with Crippen LogP contribution in [0.2, 0.25) is 0 Å². The van der Waals surface area contributed by atoms with E-state index in [1.165, 1.54) is 12.0 Å². The minimum absolute atomic E-state index is 0.0675. The van der Waals surface area contributed by atoms with Gasteiger partial charge in [0.15, 0.2) is 0 Å². The van der Waals surface area contributed by atoms with E-state index in [0.717, 1.165) is 45.2 Å². The Morgan fingerprint density at radius 3 is 2.40 bits per heavy atom. The van der Waals surface area contributed by atoms with Crippen LogP contribution in [0.15, 0.2) is 30.3 Å². The first kappa shape index (κ1) is 17.8. The number of likely N-dealkylation sites (tertiary alicyclic amines) is 2. The number of hydrogen-bond acceptors (Lipinski definition) is 2. The fourth-order valence-electron chi connectivity index (χ4n) is 4.09. The molecule has 5 heteroatoms. The number of nitrogens with zero attached hydrogens (tertiary/aromatic N) is 2. The molecule has 2 heterocycles. The molecule has 5 nitrogen and oxygen atoms in total. The van der Waals surface area contributed by atoms with Crippen molar-refractivity contribution in [3.8, 4) is 0 Å². The minimum Gasteiger partial charge on any atom is -0.351 e. The predicted octanol–water partition coefficient (Wildman–Crippen LogP) is 2.65. The quantitative estimate of drug-likeness (QED) is 0.913. The zero-order valence-electron chi connectivity index (χ0n) is 14.9. The van der Waals surface area contributed by atoms with Crippen LogP contribution in [0, 0.1) is 11.8 Å². The molecule has 0 saturated carbocycles. The number of carbonyl (C=O) groups is 2. The van der Waals surface area contributed by atoms with Crippen LogP contribution in [0.1, 0.15) is 37.7 Å². The first-order valence-electron chi connectivity index (χ1n) is 9.50. The van der Waals surface area contributed by atoms with Gasteiger partial charge in [-0.2, -0.15) is 0 Å². The highest BCUT2D eigenvalue weighted by molar-refractivity contribution is 5.80. The summed E-state index contributed by atoms with van der Waals surface area (Å²) in [6.45, 7) is 2.87. The number of rotatable bonds is 4. The topological polar surface area (TPSA) is 66.6 Å². The summed E-state index contributed by atoms with van der Waals surface area (Å²) in [5.74, 6) is 0.854. The lowest BCUT2D eigenvalue weighted by Crippen LogP contribution is -2.49. The van der Waals surface area contributed by atoms with Gasteiger partial charge in [-0.05, 0) is 50.0 Å². The van der Waals surface area contributed by atoms with Crippen LogP contribution in [-0.2, 0) is 11.2 Å². The van der Waals surface area contributed by atoms with E-state index in [-0.39, 0.29) is 11.8 Å². The maximum Gasteiger partial charge on any atom is 0.314 e. The fourth-order valence-corrected chi connectivity index (χ4v) is 4.09. The lowest BCUT2D eigenvalue weighted by Gasteiger charge is -2.37. The molecule has 0 unspecified atom stereocenters. The Morgan fingerprint density at radius 1 is 1.00 bits per heavy atom. The smallest absolute Gasteiger partial charge is 0.314 e. The molecule has 2 N–H and O–H groups in total. The van der Waals surface area contributed by atoms with Gasteiger partial charge in [-0.1, -0.05) is 30.3 Å². The Hall–Kier alpha value is -2.04. The summed E-state index contributed by atoms with van der Waals surface area (Å²) in [5.41, 5.74) is 6.77. The van der Waals surface area contributed by atoms with Gasteiger partial charge >= 0.3 is 6.03 Å². The number of urea groups is 1. The summed E-state index contributed by atoms with van der Waals surface area (Å²) in [6.07, 6.45) is 6.24. The molecule has 2 saturated heterocycles. The second-order valence-electron chi connectivity index (χ2n) is 7.42. The molecular formula is C20H29N3O2. The molecule has 0 aliphatic carbocycles. The number of nitrogens with two attached hydrogens (primary N) is 1. The van der Waals surface area contributed by atoms with Gasteiger partial charge in [-0.15, -0.1) is 0 Å². The molecule has 0 radical (unpaired) electrons. The third-order valence-corrected chi connectivity index (χ3v) is 5.69. The van der Waals surface area contributed by atoms with Crippen molar-refractivity contribution in [2.75, 3.05) is 26.2 Å². The van der Waals surface area contributed by atoms with Gasteiger partial charge in [0.05, 0.1) is 5.92 Å². The molecule has 25 heavy (non-hydrogen) atoms. The first-order valence-corrected chi connectivity index (χ1v) is 9.50. The van der Waals surface area contributed by atoms with Crippen molar-refractivity contribution in [3.05, 3.63) is 35.9 Å². The van der Waals surface area contributed by atoms with Crippen LogP contribution in [0.25, 0.3) is 0 Å². The maximum atomic E-state index is 12.8. The monoisotopic (exact) mass is 343 g/mol. The maximum absolute atomic E-state index is 12.8. The van der Waals surface area contributed by atoms with Crippen molar-refractivity contribution in [2.45, 2.75) is 38.5 Å². The predicted molar refractivity (Wildman–Crippen MR) is 97.9 cm³/mol. The van der Waals surface area contributed by atoms with E-state index in [1.807, 2.05) is 4.90 Å². The van der Waals surface area contributed by atoms with Gasteiger partial charge in [0.1, 0.15) is 0 Å². The summed E-state index contributed by atoms with van der Waals surface area (Å²) in [7, 11) is 0.